The fraction of sp³-hybridized carbons (Fsp3) is 0.154. The van der Waals surface area contributed by atoms with E-state index in [2.05, 4.69) is 5.10 Å². The molecule has 1 aromatic heterocycles. The highest BCUT2D eigenvalue weighted by atomic mass is 35.5. The summed E-state index contributed by atoms with van der Waals surface area (Å²) in [5.74, 6) is -0.574. The van der Waals surface area contributed by atoms with Gasteiger partial charge in [-0.25, -0.2) is 4.79 Å². The van der Waals surface area contributed by atoms with Crippen molar-refractivity contribution in [1.29, 1.82) is 0 Å². The number of rotatable bonds is 6. The van der Waals surface area contributed by atoms with E-state index < -0.39 is 17.2 Å². The first-order valence-corrected chi connectivity index (χ1v) is 11.1. The van der Waals surface area contributed by atoms with E-state index in [0.29, 0.717) is 17.3 Å². The molecule has 4 rings (SSSR count). The Kier molecular flexibility index (Phi) is 6.75. The van der Waals surface area contributed by atoms with Gasteiger partial charge in [-0.3, -0.25) is 14.2 Å². The lowest BCUT2D eigenvalue weighted by Gasteiger charge is -2.18. The summed E-state index contributed by atoms with van der Waals surface area (Å²) in [6, 6.07) is 23.3. The Hall–Kier alpha value is -3.97. The second kappa shape index (κ2) is 9.89. The van der Waals surface area contributed by atoms with Gasteiger partial charge in [0.1, 0.15) is 0 Å². The molecule has 0 radical (unpaired) electrons. The van der Waals surface area contributed by atoms with E-state index in [0.717, 1.165) is 25.9 Å². The maximum absolute atomic E-state index is 13.4. The summed E-state index contributed by atoms with van der Waals surface area (Å²) in [6.45, 7) is 2.21. The van der Waals surface area contributed by atoms with Crippen LogP contribution in [0.25, 0.3) is 5.69 Å². The molecular formula is C26H23ClN4O3. The molecule has 0 N–H and O–H groups in total. The maximum Gasteiger partial charge on any atom is 0.352 e. The molecule has 0 aliphatic carbocycles. The number of hydrogen-bond acceptors (Lipinski definition) is 4. The van der Waals surface area contributed by atoms with Crippen molar-refractivity contribution in [2.75, 3.05) is 7.05 Å². The van der Waals surface area contributed by atoms with Crippen molar-refractivity contribution in [3.63, 3.8) is 0 Å². The Morgan fingerprint density at radius 3 is 2.26 bits per heavy atom. The lowest BCUT2D eigenvalue weighted by atomic mass is 10.1. The number of aryl methyl sites for hydroxylation is 1. The van der Waals surface area contributed by atoms with Crippen molar-refractivity contribution in [3.8, 4) is 5.69 Å². The molecule has 8 heteroatoms. The quantitative estimate of drug-likeness (QED) is 0.427. The first-order chi connectivity index (χ1) is 16.3. The van der Waals surface area contributed by atoms with Gasteiger partial charge in [0.25, 0.3) is 11.5 Å². The van der Waals surface area contributed by atoms with Gasteiger partial charge in [0.05, 0.1) is 12.2 Å². The van der Waals surface area contributed by atoms with Gasteiger partial charge in [-0.05, 0) is 47.9 Å². The molecule has 34 heavy (non-hydrogen) atoms. The largest absolute Gasteiger partial charge is 0.352 e. The van der Waals surface area contributed by atoms with E-state index >= 15 is 0 Å². The zero-order chi connectivity index (χ0) is 24.2. The maximum atomic E-state index is 13.4. The minimum absolute atomic E-state index is 0.0170. The molecule has 3 aromatic carbocycles. The van der Waals surface area contributed by atoms with E-state index in [1.807, 2.05) is 61.5 Å². The molecule has 0 saturated carbocycles. The molecule has 4 aromatic rings. The smallest absolute Gasteiger partial charge is 0.336 e. The first-order valence-electron chi connectivity index (χ1n) is 10.7. The molecule has 172 valence electrons. The third kappa shape index (κ3) is 4.84. The molecule has 0 aliphatic rings. The zero-order valence-electron chi connectivity index (χ0n) is 18.8. The molecule has 7 nitrogen and oxygen atoms in total. The highest BCUT2D eigenvalue weighted by Crippen LogP contribution is 2.12. The van der Waals surface area contributed by atoms with E-state index in [1.165, 1.54) is 4.90 Å². The van der Waals surface area contributed by atoms with Crippen LogP contribution in [0, 0.1) is 6.92 Å². The molecule has 0 spiro atoms. The van der Waals surface area contributed by atoms with E-state index in [9.17, 15) is 14.4 Å². The van der Waals surface area contributed by atoms with Gasteiger partial charge in [0, 0.05) is 18.6 Å². The predicted molar refractivity (Wildman–Crippen MR) is 132 cm³/mol. The number of benzene rings is 3. The molecule has 0 unspecified atom stereocenters. The van der Waals surface area contributed by atoms with Crippen molar-refractivity contribution >= 4 is 17.5 Å². The normalized spacial score (nSPS) is 10.8. The predicted octanol–water partition coefficient (Wildman–Crippen LogP) is 3.68. The second-order valence-corrected chi connectivity index (χ2v) is 8.42. The summed E-state index contributed by atoms with van der Waals surface area (Å²) in [4.78, 5) is 41.4. The highest BCUT2D eigenvalue weighted by Gasteiger charge is 2.23. The molecule has 1 amide bonds. The SMILES string of the molecule is Cc1ccccc1Cn1c(=O)c(C(=O)N(C)Cc2ccccc2)nn(-c2ccc(Cl)cc2)c1=O. The van der Waals surface area contributed by atoms with Crippen LogP contribution >= 0.6 is 11.6 Å². The third-order valence-electron chi connectivity index (χ3n) is 5.53. The van der Waals surface area contributed by atoms with Crippen LogP contribution in [0.3, 0.4) is 0 Å². The molecule has 0 fully saturated rings. The van der Waals surface area contributed by atoms with Gasteiger partial charge in [0.15, 0.2) is 0 Å². The third-order valence-corrected chi connectivity index (χ3v) is 5.78. The van der Waals surface area contributed by atoms with Crippen molar-refractivity contribution in [3.05, 3.63) is 127 Å². The molecule has 0 aliphatic heterocycles. The van der Waals surface area contributed by atoms with Crippen LogP contribution in [-0.4, -0.2) is 32.2 Å². The number of carbonyl (C=O) groups excluding carboxylic acids is 1. The summed E-state index contributed by atoms with van der Waals surface area (Å²) in [7, 11) is 1.60. The topological polar surface area (TPSA) is 77.2 Å². The number of aromatic nitrogens is 3. The van der Waals surface area contributed by atoms with Crippen LogP contribution in [0.5, 0.6) is 0 Å². The van der Waals surface area contributed by atoms with Gasteiger partial charge in [-0.2, -0.15) is 9.78 Å². The van der Waals surface area contributed by atoms with Crippen molar-refractivity contribution in [2.24, 2.45) is 0 Å². The van der Waals surface area contributed by atoms with E-state index in [-0.39, 0.29) is 12.2 Å². The van der Waals surface area contributed by atoms with E-state index in [1.54, 1.807) is 31.3 Å². The zero-order valence-corrected chi connectivity index (χ0v) is 19.6. The summed E-state index contributed by atoms with van der Waals surface area (Å²) < 4.78 is 2.12. The fourth-order valence-electron chi connectivity index (χ4n) is 3.61. The molecule has 0 saturated heterocycles. The Morgan fingerprint density at radius 2 is 1.59 bits per heavy atom. The van der Waals surface area contributed by atoms with Crippen molar-refractivity contribution in [2.45, 2.75) is 20.0 Å². The Labute approximate surface area is 201 Å². The Morgan fingerprint density at radius 1 is 0.941 bits per heavy atom. The van der Waals surface area contributed by atoms with Crippen LogP contribution in [0.1, 0.15) is 27.2 Å². The Balaban J connectivity index is 1.83. The lowest BCUT2D eigenvalue weighted by Crippen LogP contribution is -2.46. The van der Waals surface area contributed by atoms with Gasteiger partial charge >= 0.3 is 5.69 Å². The van der Waals surface area contributed by atoms with Gasteiger partial charge in [-0.15, -0.1) is 0 Å². The average Bonchev–Trinajstić information content (AvgIpc) is 2.84. The number of amides is 1. The van der Waals surface area contributed by atoms with Crippen molar-refractivity contribution in [1.82, 2.24) is 19.2 Å². The number of carbonyl (C=O) groups is 1. The lowest BCUT2D eigenvalue weighted by molar-refractivity contribution is 0.0773. The van der Waals surface area contributed by atoms with Crippen LogP contribution in [0.2, 0.25) is 5.02 Å². The minimum Gasteiger partial charge on any atom is -0.336 e. The second-order valence-electron chi connectivity index (χ2n) is 7.98. The fourth-order valence-corrected chi connectivity index (χ4v) is 3.73. The first kappa shape index (κ1) is 23.2. The van der Waals surface area contributed by atoms with Crippen LogP contribution in [0.15, 0.2) is 88.5 Å². The summed E-state index contributed by atoms with van der Waals surface area (Å²) in [6.07, 6.45) is 0. The average molecular weight is 475 g/mol. The summed E-state index contributed by atoms with van der Waals surface area (Å²) in [5.41, 5.74) is 1.32. The number of halogens is 1. The van der Waals surface area contributed by atoms with E-state index in [4.69, 9.17) is 11.6 Å². The highest BCUT2D eigenvalue weighted by molar-refractivity contribution is 6.30. The van der Waals surface area contributed by atoms with Gasteiger partial charge < -0.3 is 4.90 Å². The Bertz CT molecular complexity index is 1440. The summed E-state index contributed by atoms with van der Waals surface area (Å²) in [5, 5.41) is 4.69. The minimum atomic E-state index is -0.733. The number of nitrogens with zero attached hydrogens (tertiary/aromatic N) is 4. The van der Waals surface area contributed by atoms with Crippen LogP contribution < -0.4 is 11.2 Å². The molecular weight excluding hydrogens is 452 g/mol. The molecule has 0 atom stereocenters. The monoisotopic (exact) mass is 474 g/mol. The standard InChI is InChI=1S/C26H23ClN4O3/c1-18-8-6-7-11-20(18)17-30-25(33)23(24(32)29(2)16-19-9-4-3-5-10-19)28-31(26(30)34)22-14-12-21(27)13-15-22/h3-15H,16-17H2,1-2H3. The number of hydrogen-bond donors (Lipinski definition) is 0. The van der Waals surface area contributed by atoms with Crippen LogP contribution in [-0.2, 0) is 13.1 Å². The van der Waals surface area contributed by atoms with Crippen LogP contribution in [0.4, 0.5) is 0 Å². The summed E-state index contributed by atoms with van der Waals surface area (Å²) >= 11 is 6.00. The van der Waals surface area contributed by atoms with Crippen molar-refractivity contribution < 1.29 is 4.79 Å². The molecule has 0 bridgehead atoms. The molecule has 1 heterocycles. The van der Waals surface area contributed by atoms with Gasteiger partial charge in [0.2, 0.25) is 5.69 Å². The van der Waals surface area contributed by atoms with Gasteiger partial charge in [-0.1, -0.05) is 66.2 Å².